The van der Waals surface area contributed by atoms with Gasteiger partial charge in [0.2, 0.25) is 0 Å². The van der Waals surface area contributed by atoms with Gasteiger partial charge in [0.1, 0.15) is 12.2 Å². The van der Waals surface area contributed by atoms with Crippen LogP contribution < -0.4 is 0 Å². The highest BCUT2D eigenvalue weighted by Gasteiger charge is 2.50. The van der Waals surface area contributed by atoms with Crippen LogP contribution >= 0.6 is 32.4 Å². The number of hydrogen-bond acceptors (Lipinski definition) is 9. The van der Waals surface area contributed by atoms with Crippen LogP contribution in [0.2, 0.25) is 0 Å². The summed E-state index contributed by atoms with van der Waals surface area (Å²) in [4.78, 5) is 2.55. The predicted octanol–water partition coefficient (Wildman–Crippen LogP) is 7.82. The fraction of sp³-hybridized carbons (Fsp3) is 0.649. The smallest absolute Gasteiger partial charge is 0.163 e. The zero-order valence-corrected chi connectivity index (χ0v) is 31.6. The first-order valence-corrected chi connectivity index (χ1v) is 19.5. The van der Waals surface area contributed by atoms with Gasteiger partial charge in [0.25, 0.3) is 0 Å². The van der Waals surface area contributed by atoms with Gasteiger partial charge in [-0.05, 0) is 76.1 Å². The van der Waals surface area contributed by atoms with Crippen LogP contribution in [0.25, 0.3) is 0 Å². The standard InChI is InChI=1S/C19H28O3S.C17H24O4S.CH3P/c1-5-16-15(12-23-14-9-7-6-8-10-14)13(2)18(21-16)17-11-20-19(3,4)22-17;1-11-13(10-22-12-7-5-4-6-8-12)16(18)20-15(11)14-9-19-17(2,3)21-14;1-2/h6-10,13,15-18H,5,11-12H2,1-4H3;4-8,11,13-16,18H,9-10H2,1-3H3;2H,1H2. The summed E-state index contributed by atoms with van der Waals surface area (Å²) in [5.41, 5.74) is 0. The number of rotatable bonds is 9. The highest BCUT2D eigenvalue weighted by Crippen LogP contribution is 2.42. The molecule has 47 heavy (non-hydrogen) atoms. The fourth-order valence-electron chi connectivity index (χ4n) is 6.82. The average molecular weight is 707 g/mol. The Bertz CT molecular complexity index is 1210. The zero-order valence-electron chi connectivity index (χ0n) is 29.0. The maximum Gasteiger partial charge on any atom is 0.163 e. The molecule has 4 aliphatic heterocycles. The molecule has 10 unspecified atom stereocenters. The van der Waals surface area contributed by atoms with E-state index in [0.29, 0.717) is 31.2 Å². The quantitative estimate of drug-likeness (QED) is 0.208. The lowest BCUT2D eigenvalue weighted by Gasteiger charge is -2.24. The maximum atomic E-state index is 10.3. The Morgan fingerprint density at radius 1 is 0.723 bits per heavy atom. The zero-order chi connectivity index (χ0) is 34.2. The summed E-state index contributed by atoms with van der Waals surface area (Å²) in [6.07, 6.45) is 3.67. The molecule has 2 aromatic rings. The van der Waals surface area contributed by atoms with Gasteiger partial charge >= 0.3 is 0 Å². The SMILES string of the molecule is C=P.CC1C(CSc2ccccc2)C(O)OC1C1COC(C)(C)O1.CCC1OC(C2COC(C)(C)O2)C(C)C1CSc1ccccc1. The number of benzene rings is 2. The molecule has 10 heteroatoms. The van der Waals surface area contributed by atoms with E-state index in [4.69, 9.17) is 28.4 Å². The van der Waals surface area contributed by atoms with Crippen LogP contribution in [0.4, 0.5) is 0 Å². The van der Waals surface area contributed by atoms with E-state index in [9.17, 15) is 5.11 Å². The highest BCUT2D eigenvalue weighted by atomic mass is 32.2. The molecule has 0 aromatic heterocycles. The van der Waals surface area contributed by atoms with E-state index in [1.165, 1.54) is 9.79 Å². The van der Waals surface area contributed by atoms with Crippen molar-refractivity contribution in [2.24, 2.45) is 23.7 Å². The molecule has 10 atom stereocenters. The molecule has 6 rings (SSSR count). The fourth-order valence-corrected chi connectivity index (χ4v) is 9.27. The maximum absolute atomic E-state index is 10.3. The van der Waals surface area contributed by atoms with Crippen molar-refractivity contribution in [2.45, 2.75) is 113 Å². The molecule has 0 aliphatic carbocycles. The first-order valence-electron chi connectivity index (χ1n) is 16.8. The Hall–Kier alpha value is -0.970. The van der Waals surface area contributed by atoms with Crippen molar-refractivity contribution in [1.29, 1.82) is 0 Å². The lowest BCUT2D eigenvalue weighted by Crippen LogP contribution is -2.35. The summed E-state index contributed by atoms with van der Waals surface area (Å²) in [5, 5.41) is 10.3. The van der Waals surface area contributed by atoms with Crippen LogP contribution in [0.3, 0.4) is 0 Å². The summed E-state index contributed by atoms with van der Waals surface area (Å²) in [5.74, 6) is 2.26. The van der Waals surface area contributed by atoms with Gasteiger partial charge < -0.3 is 33.5 Å². The van der Waals surface area contributed by atoms with E-state index in [2.05, 4.69) is 78.4 Å². The number of ether oxygens (including phenoxy) is 6. The number of thioether (sulfide) groups is 2. The molecule has 1 N–H and O–H groups in total. The lowest BCUT2D eigenvalue weighted by molar-refractivity contribution is -0.173. The van der Waals surface area contributed by atoms with Gasteiger partial charge in [-0.2, -0.15) is 0 Å². The molecule has 4 fully saturated rings. The molecule has 0 bridgehead atoms. The Labute approximate surface area is 293 Å². The van der Waals surface area contributed by atoms with E-state index < -0.39 is 17.9 Å². The van der Waals surface area contributed by atoms with Crippen molar-refractivity contribution in [3.8, 4) is 0 Å². The molecule has 4 aliphatic rings. The second kappa shape index (κ2) is 17.8. The van der Waals surface area contributed by atoms with Gasteiger partial charge in [0, 0.05) is 27.2 Å². The second-order valence-corrected chi connectivity index (χ2v) is 15.8. The summed E-state index contributed by atoms with van der Waals surface area (Å²) in [6.45, 7) is 15.6. The second-order valence-electron chi connectivity index (χ2n) is 13.6. The van der Waals surface area contributed by atoms with Gasteiger partial charge in [-0.1, -0.05) is 63.5 Å². The van der Waals surface area contributed by atoms with E-state index in [1.54, 1.807) is 11.8 Å². The van der Waals surface area contributed by atoms with Crippen LogP contribution in [0, 0.1) is 23.7 Å². The summed E-state index contributed by atoms with van der Waals surface area (Å²) in [7, 11) is 2.72. The molecule has 262 valence electrons. The van der Waals surface area contributed by atoms with E-state index in [1.807, 2.05) is 57.7 Å². The third kappa shape index (κ3) is 10.5. The van der Waals surface area contributed by atoms with Crippen molar-refractivity contribution in [2.75, 3.05) is 24.7 Å². The van der Waals surface area contributed by atoms with Crippen molar-refractivity contribution in [3.63, 3.8) is 0 Å². The Morgan fingerprint density at radius 3 is 1.57 bits per heavy atom. The monoisotopic (exact) mass is 706 g/mol. The first-order chi connectivity index (χ1) is 22.5. The minimum absolute atomic E-state index is 0.0563. The summed E-state index contributed by atoms with van der Waals surface area (Å²) >= 11 is 3.69. The minimum atomic E-state index is -0.733. The van der Waals surface area contributed by atoms with Crippen LogP contribution in [0.1, 0.15) is 54.9 Å². The normalized spacial score (nSPS) is 35.5. The largest absolute Gasteiger partial charge is 0.372 e. The number of aliphatic hydroxyl groups is 1. The van der Waals surface area contributed by atoms with Gasteiger partial charge in [0.05, 0.1) is 31.5 Å². The topological polar surface area (TPSA) is 75.6 Å². The van der Waals surface area contributed by atoms with E-state index in [0.717, 1.165) is 17.9 Å². The van der Waals surface area contributed by atoms with Gasteiger partial charge in [-0.3, -0.25) is 0 Å². The van der Waals surface area contributed by atoms with Gasteiger partial charge in [-0.15, -0.1) is 32.4 Å². The van der Waals surface area contributed by atoms with Crippen molar-refractivity contribution in [3.05, 3.63) is 60.7 Å². The van der Waals surface area contributed by atoms with Crippen molar-refractivity contribution in [1.82, 2.24) is 0 Å². The molecule has 0 spiro atoms. The van der Waals surface area contributed by atoms with E-state index in [-0.39, 0.29) is 36.3 Å². The molecule has 2 aromatic carbocycles. The molecule has 0 amide bonds. The lowest BCUT2D eigenvalue weighted by atomic mass is 9.87. The molecule has 4 saturated heterocycles. The molecule has 7 nitrogen and oxygen atoms in total. The number of aliphatic hydroxyl groups excluding tert-OH is 1. The third-order valence-electron chi connectivity index (χ3n) is 9.43. The number of hydrogen-bond donors (Lipinski definition) is 1. The van der Waals surface area contributed by atoms with Crippen LogP contribution in [-0.4, -0.2) is 84.5 Å². The van der Waals surface area contributed by atoms with Crippen LogP contribution in [-0.2, 0) is 28.4 Å². The minimum Gasteiger partial charge on any atom is -0.372 e. The van der Waals surface area contributed by atoms with E-state index >= 15 is 0 Å². The summed E-state index contributed by atoms with van der Waals surface area (Å²) in [6, 6.07) is 20.9. The molecular weight excluding hydrogens is 652 g/mol. The first kappa shape index (κ1) is 38.8. The molecule has 4 heterocycles. The molecule has 0 radical (unpaired) electrons. The molecule has 0 saturated carbocycles. The van der Waals surface area contributed by atoms with Crippen LogP contribution in [0.15, 0.2) is 70.5 Å². The average Bonchev–Trinajstić information content (AvgIpc) is 3.79. The Balaban J connectivity index is 0.000000202. The Morgan fingerprint density at radius 2 is 1.15 bits per heavy atom. The van der Waals surface area contributed by atoms with Gasteiger partial charge in [-0.25, -0.2) is 0 Å². The highest BCUT2D eigenvalue weighted by molar-refractivity contribution is 7.99. The van der Waals surface area contributed by atoms with Crippen molar-refractivity contribution >= 4 is 38.7 Å². The predicted molar refractivity (Wildman–Crippen MR) is 195 cm³/mol. The van der Waals surface area contributed by atoms with Crippen LogP contribution in [0.5, 0.6) is 0 Å². The van der Waals surface area contributed by atoms with Gasteiger partial charge in [0.15, 0.2) is 17.9 Å². The summed E-state index contributed by atoms with van der Waals surface area (Å²) < 4.78 is 35.5. The van der Waals surface area contributed by atoms with Crippen molar-refractivity contribution < 1.29 is 33.5 Å². The molecular formula is C37H55O7PS2. The Kier molecular flexibility index (Phi) is 14.7. The third-order valence-corrected chi connectivity index (χ3v) is 11.7.